The first-order chi connectivity index (χ1) is 5.33. The summed E-state index contributed by atoms with van der Waals surface area (Å²) in [7, 11) is -0.146. The third kappa shape index (κ3) is 32.3. The summed E-state index contributed by atoms with van der Waals surface area (Å²) in [6.07, 6.45) is 0. The maximum Gasteiger partial charge on any atom is 0.217 e. The smallest absolute Gasteiger partial charge is 0.217 e. The first kappa shape index (κ1) is 19.4. The summed E-state index contributed by atoms with van der Waals surface area (Å²) in [5, 5.41) is 0. The Morgan fingerprint density at radius 3 is 1.62 bits per heavy atom. The van der Waals surface area contributed by atoms with E-state index in [4.69, 9.17) is 0 Å². The zero-order chi connectivity index (χ0) is 10.2. The maximum absolute atomic E-state index is 9.45. The molecule has 77 valence electrons. The number of hydrogen-bond acceptors (Lipinski definition) is 4. The van der Waals surface area contributed by atoms with E-state index in [2.05, 4.69) is 25.2 Å². The molecule has 5 nitrogen and oxygen atoms in total. The van der Waals surface area contributed by atoms with Crippen LogP contribution >= 0.6 is 0 Å². The molecule has 13 heavy (non-hydrogen) atoms. The fraction of sp³-hybridized carbons (Fsp3) is 1.00. The molecule has 0 rings (SSSR count). The summed E-state index contributed by atoms with van der Waals surface area (Å²) in [6, 6.07) is 0. The zero-order valence-corrected chi connectivity index (χ0v) is 11.8. The summed E-state index contributed by atoms with van der Waals surface area (Å²) in [5.41, 5.74) is 0. The molecule has 0 atom stereocenters. The topological polar surface area (TPSA) is 70.9 Å². The van der Waals surface area contributed by atoms with E-state index in [0.29, 0.717) is 0 Å². The monoisotopic (exact) mass is 222 g/mol. The van der Waals surface area contributed by atoms with E-state index < -0.39 is 10.4 Å². The van der Waals surface area contributed by atoms with Gasteiger partial charge in [-0.05, 0) is 13.8 Å². The predicted molar refractivity (Wildman–Crippen MR) is 50.4 cm³/mol. The number of nitrogens with one attached hydrogen (secondary N) is 1. The molecule has 1 radical (unpaired) electrons. The molecule has 0 aromatic carbocycles. The summed E-state index contributed by atoms with van der Waals surface area (Å²) >= 11 is 0. The van der Waals surface area contributed by atoms with Crippen molar-refractivity contribution in [3.8, 4) is 0 Å². The van der Waals surface area contributed by atoms with Crippen LogP contribution < -0.4 is 4.90 Å². The second-order valence-electron chi connectivity index (χ2n) is 2.38. The largest absolute Gasteiger partial charge is 0.726 e. The van der Waals surface area contributed by atoms with Gasteiger partial charge in [0.2, 0.25) is 10.4 Å². The predicted octanol–water partition coefficient (Wildman–Crippen LogP) is -1.75. The molecule has 0 aliphatic carbocycles. The second-order valence-corrected chi connectivity index (χ2v) is 3.43. The van der Waals surface area contributed by atoms with Gasteiger partial charge in [0, 0.05) is 29.6 Å². The van der Waals surface area contributed by atoms with Gasteiger partial charge in [0.15, 0.2) is 0 Å². The van der Waals surface area contributed by atoms with E-state index in [-0.39, 0.29) is 36.2 Å². The van der Waals surface area contributed by atoms with Gasteiger partial charge in [0.05, 0.1) is 27.2 Å². The van der Waals surface area contributed by atoms with Gasteiger partial charge in [-0.2, -0.15) is 0 Å². The van der Waals surface area contributed by atoms with Crippen molar-refractivity contribution in [1.29, 1.82) is 0 Å². The normalized spacial score (nSPS) is 10.0. The van der Waals surface area contributed by atoms with E-state index in [1.54, 1.807) is 0 Å². The van der Waals surface area contributed by atoms with Crippen LogP contribution in [0, 0.1) is 0 Å². The molecular formula is C6H17NNaO4S. The molecule has 0 heterocycles. The minimum absolute atomic E-state index is 0. The Morgan fingerprint density at radius 1 is 1.31 bits per heavy atom. The Morgan fingerprint density at radius 2 is 1.62 bits per heavy atom. The number of hydrogen-bond donors (Lipinski definition) is 1. The average Bonchev–Trinajstić information content (AvgIpc) is 1.86. The molecule has 0 spiro atoms. The molecule has 0 aromatic rings. The van der Waals surface area contributed by atoms with Gasteiger partial charge in [-0.1, -0.05) is 0 Å². The summed E-state index contributed by atoms with van der Waals surface area (Å²) in [5.74, 6) is 0. The molecule has 0 fully saturated rings. The Labute approximate surface area is 103 Å². The van der Waals surface area contributed by atoms with Crippen LogP contribution in [0.5, 0.6) is 0 Å². The zero-order valence-electron chi connectivity index (χ0n) is 8.96. The molecule has 0 saturated carbocycles. The molecular weight excluding hydrogens is 205 g/mol. The van der Waals surface area contributed by atoms with Gasteiger partial charge in [-0.25, -0.2) is 8.42 Å². The minimum atomic E-state index is -4.42. The van der Waals surface area contributed by atoms with Crippen LogP contribution in [0.1, 0.15) is 13.8 Å². The van der Waals surface area contributed by atoms with Gasteiger partial charge >= 0.3 is 0 Å². The van der Waals surface area contributed by atoms with Crippen LogP contribution in [0.25, 0.3) is 0 Å². The fourth-order valence-electron chi connectivity index (χ4n) is 0.144. The maximum atomic E-state index is 9.45. The van der Waals surface area contributed by atoms with E-state index in [1.807, 2.05) is 0 Å². The summed E-state index contributed by atoms with van der Waals surface area (Å²) in [4.78, 5) is 1.50. The van der Waals surface area contributed by atoms with Gasteiger partial charge < -0.3 is 9.45 Å². The van der Waals surface area contributed by atoms with Crippen molar-refractivity contribution in [2.24, 2.45) is 0 Å². The first-order valence-corrected chi connectivity index (χ1v) is 5.06. The minimum Gasteiger partial charge on any atom is -0.726 e. The third-order valence-corrected chi connectivity index (χ3v) is 1.49. The Bertz CT molecular complexity index is 181. The fourth-order valence-corrected chi connectivity index (χ4v) is 0.433. The Hall–Kier alpha value is 0.830. The van der Waals surface area contributed by atoms with Crippen LogP contribution in [-0.4, -0.2) is 69.8 Å². The van der Waals surface area contributed by atoms with Gasteiger partial charge in [0.1, 0.15) is 0 Å². The summed E-state index contributed by atoms with van der Waals surface area (Å²) < 4.78 is 32.0. The van der Waals surface area contributed by atoms with Gasteiger partial charge in [0.25, 0.3) is 0 Å². The molecule has 0 unspecified atom stereocenters. The quantitative estimate of drug-likeness (QED) is 0.349. The van der Waals surface area contributed by atoms with E-state index >= 15 is 0 Å². The van der Waals surface area contributed by atoms with Crippen molar-refractivity contribution in [2.75, 3.05) is 27.2 Å². The number of quaternary nitrogens is 1. The van der Waals surface area contributed by atoms with Gasteiger partial charge in [-0.15, -0.1) is 0 Å². The van der Waals surface area contributed by atoms with Crippen molar-refractivity contribution in [1.82, 2.24) is 0 Å². The summed E-state index contributed by atoms with van der Waals surface area (Å²) in [6.45, 7) is 4.72. The van der Waals surface area contributed by atoms with Crippen LogP contribution in [0.2, 0.25) is 0 Å². The molecule has 0 saturated heterocycles. The molecule has 1 N–H and O–H groups in total. The Balaban J connectivity index is -0.000000150. The van der Waals surface area contributed by atoms with Crippen LogP contribution in [-0.2, 0) is 14.6 Å². The molecule has 0 aliphatic rings. The second kappa shape index (κ2) is 10.9. The van der Waals surface area contributed by atoms with Crippen molar-refractivity contribution in [3.63, 3.8) is 0 Å². The third-order valence-electron chi connectivity index (χ3n) is 0.969. The van der Waals surface area contributed by atoms with Crippen LogP contribution in [0.15, 0.2) is 0 Å². The molecule has 0 bridgehead atoms. The Kier molecular flexibility index (Phi) is 16.3. The van der Waals surface area contributed by atoms with Crippen molar-refractivity contribution in [3.05, 3.63) is 0 Å². The molecule has 7 heteroatoms. The standard InChI is InChI=1S/C4H11N.C2H6O4S.Na/c1-4-5(2)3;1-2-6-7(3,4)5;/h4H2,1-3H3;2H2,1H3,(H,3,4,5);. The molecule has 0 aromatic heterocycles. The van der Waals surface area contributed by atoms with Crippen molar-refractivity contribution in [2.45, 2.75) is 13.8 Å². The molecule has 0 amide bonds. The molecule has 0 aliphatic heterocycles. The van der Waals surface area contributed by atoms with Crippen molar-refractivity contribution < 1.29 is 22.1 Å². The van der Waals surface area contributed by atoms with Gasteiger partial charge in [-0.3, -0.25) is 4.18 Å². The van der Waals surface area contributed by atoms with Crippen LogP contribution in [0.3, 0.4) is 0 Å². The SMILES string of the molecule is CCOS(=O)(=O)[O-].CC[NH+](C)C.[Na]. The first-order valence-electron chi connectivity index (χ1n) is 3.72. The number of rotatable bonds is 3. The van der Waals surface area contributed by atoms with E-state index in [1.165, 1.54) is 18.4 Å². The van der Waals surface area contributed by atoms with E-state index in [9.17, 15) is 13.0 Å². The van der Waals surface area contributed by atoms with E-state index in [0.717, 1.165) is 0 Å². The van der Waals surface area contributed by atoms with Crippen molar-refractivity contribution >= 4 is 40.0 Å². The average molecular weight is 222 g/mol. The van der Waals surface area contributed by atoms with Crippen LogP contribution in [0.4, 0.5) is 0 Å².